The Labute approximate surface area is 123 Å². The van der Waals surface area contributed by atoms with Crippen LogP contribution in [0.25, 0.3) is 10.2 Å². The van der Waals surface area contributed by atoms with Crippen LogP contribution >= 0.6 is 11.3 Å². The smallest absolute Gasteiger partial charge is 0.225 e. The molecule has 0 saturated heterocycles. The summed E-state index contributed by atoms with van der Waals surface area (Å²) in [5.41, 5.74) is 0. The summed E-state index contributed by atoms with van der Waals surface area (Å²) in [5, 5.41) is 16.6. The molecule has 0 radical (unpaired) electrons. The number of aromatic nitrogens is 2. The van der Waals surface area contributed by atoms with Crippen LogP contribution in [0.1, 0.15) is 31.6 Å². The standard InChI is InChI=1S/C14H22N4OS/c1-4-9(6-7-19)16-12-11-8-10(5-2)20-13(11)18-14(15-3)17-12/h8-9,19H,4-7H2,1-3H3,(H2,15,16,17,18). The number of hydrogen-bond donors (Lipinski definition) is 3. The van der Waals surface area contributed by atoms with Crippen LogP contribution in [0.5, 0.6) is 0 Å². The fourth-order valence-electron chi connectivity index (χ4n) is 2.09. The maximum atomic E-state index is 9.12. The Morgan fingerprint density at radius 1 is 1.35 bits per heavy atom. The first-order chi connectivity index (χ1) is 9.71. The Morgan fingerprint density at radius 3 is 2.75 bits per heavy atom. The summed E-state index contributed by atoms with van der Waals surface area (Å²) in [6.45, 7) is 4.43. The first-order valence-corrected chi connectivity index (χ1v) is 7.89. The molecule has 3 N–H and O–H groups in total. The Hall–Kier alpha value is -1.40. The second-order valence-electron chi connectivity index (χ2n) is 4.69. The molecule has 20 heavy (non-hydrogen) atoms. The van der Waals surface area contributed by atoms with Crippen molar-refractivity contribution in [1.82, 2.24) is 9.97 Å². The monoisotopic (exact) mass is 294 g/mol. The third-order valence-electron chi connectivity index (χ3n) is 3.33. The predicted molar refractivity (Wildman–Crippen MR) is 85.7 cm³/mol. The molecule has 0 spiro atoms. The lowest BCUT2D eigenvalue weighted by molar-refractivity contribution is 0.278. The Balaban J connectivity index is 2.40. The second kappa shape index (κ2) is 6.85. The molecular weight excluding hydrogens is 272 g/mol. The highest BCUT2D eigenvalue weighted by molar-refractivity contribution is 7.18. The van der Waals surface area contributed by atoms with Gasteiger partial charge in [0.25, 0.3) is 0 Å². The SMILES string of the molecule is CCc1cc2c(NC(CC)CCO)nc(NC)nc2s1. The molecule has 0 aliphatic rings. The molecule has 5 nitrogen and oxygen atoms in total. The molecule has 2 aromatic rings. The lowest BCUT2D eigenvalue weighted by Gasteiger charge is -2.17. The number of aliphatic hydroxyl groups is 1. The maximum Gasteiger partial charge on any atom is 0.225 e. The molecule has 0 saturated carbocycles. The van der Waals surface area contributed by atoms with Gasteiger partial charge in [-0.15, -0.1) is 11.3 Å². The number of nitrogens with one attached hydrogen (secondary N) is 2. The zero-order valence-corrected chi connectivity index (χ0v) is 13.0. The molecule has 0 aromatic carbocycles. The van der Waals surface area contributed by atoms with Gasteiger partial charge in [-0.1, -0.05) is 13.8 Å². The molecule has 0 aliphatic heterocycles. The van der Waals surface area contributed by atoms with Crippen molar-refractivity contribution in [1.29, 1.82) is 0 Å². The van der Waals surface area contributed by atoms with Crippen molar-refractivity contribution in [2.24, 2.45) is 0 Å². The van der Waals surface area contributed by atoms with Crippen LogP contribution < -0.4 is 10.6 Å². The van der Waals surface area contributed by atoms with Gasteiger partial charge in [0.15, 0.2) is 0 Å². The van der Waals surface area contributed by atoms with Crippen LogP contribution in [0.15, 0.2) is 6.07 Å². The minimum atomic E-state index is 0.183. The van der Waals surface area contributed by atoms with E-state index in [0.29, 0.717) is 5.95 Å². The van der Waals surface area contributed by atoms with Crippen LogP contribution in [-0.4, -0.2) is 34.8 Å². The van der Waals surface area contributed by atoms with Crippen LogP contribution in [0, 0.1) is 0 Å². The van der Waals surface area contributed by atoms with Crippen molar-refractivity contribution in [2.75, 3.05) is 24.3 Å². The van der Waals surface area contributed by atoms with E-state index in [1.807, 2.05) is 7.05 Å². The first kappa shape index (κ1) is 15.0. The predicted octanol–water partition coefficient (Wildman–Crippen LogP) is 2.87. The largest absolute Gasteiger partial charge is 0.396 e. The molecule has 1 atom stereocenters. The van der Waals surface area contributed by atoms with Gasteiger partial charge in [-0.25, -0.2) is 4.98 Å². The second-order valence-corrected chi connectivity index (χ2v) is 5.81. The highest BCUT2D eigenvalue weighted by Gasteiger charge is 2.14. The van der Waals surface area contributed by atoms with Crippen LogP contribution in [-0.2, 0) is 6.42 Å². The van der Waals surface area contributed by atoms with E-state index in [1.54, 1.807) is 11.3 Å². The minimum absolute atomic E-state index is 0.183. The number of rotatable bonds is 7. The molecular formula is C14H22N4OS. The Kier molecular flexibility index (Phi) is 5.14. The van der Waals surface area contributed by atoms with Crippen LogP contribution in [0.2, 0.25) is 0 Å². The zero-order chi connectivity index (χ0) is 14.5. The average molecular weight is 294 g/mol. The van der Waals surface area contributed by atoms with Crippen molar-refractivity contribution in [3.63, 3.8) is 0 Å². The minimum Gasteiger partial charge on any atom is -0.396 e. The Bertz CT molecular complexity index is 570. The van der Waals surface area contributed by atoms with Gasteiger partial charge in [0.2, 0.25) is 5.95 Å². The zero-order valence-electron chi connectivity index (χ0n) is 12.2. The summed E-state index contributed by atoms with van der Waals surface area (Å²) in [4.78, 5) is 11.3. The number of fused-ring (bicyclic) bond motifs is 1. The normalized spacial score (nSPS) is 12.6. The number of anilines is 2. The van der Waals surface area contributed by atoms with Crippen molar-refractivity contribution in [3.05, 3.63) is 10.9 Å². The van der Waals surface area contributed by atoms with Gasteiger partial charge in [-0.3, -0.25) is 0 Å². The molecule has 2 heterocycles. The number of aryl methyl sites for hydroxylation is 1. The van der Waals surface area contributed by atoms with E-state index in [2.05, 4.69) is 40.5 Å². The summed E-state index contributed by atoms with van der Waals surface area (Å²) < 4.78 is 0. The van der Waals surface area contributed by atoms with E-state index in [-0.39, 0.29) is 12.6 Å². The third-order valence-corrected chi connectivity index (χ3v) is 4.50. The highest BCUT2D eigenvalue weighted by atomic mass is 32.1. The quantitative estimate of drug-likeness (QED) is 0.732. The number of nitrogens with zero attached hydrogens (tertiary/aromatic N) is 2. The van der Waals surface area contributed by atoms with Crippen LogP contribution in [0.3, 0.4) is 0 Å². The van der Waals surface area contributed by atoms with Gasteiger partial charge in [-0.05, 0) is 25.3 Å². The molecule has 0 bridgehead atoms. The maximum absolute atomic E-state index is 9.12. The van der Waals surface area contributed by atoms with E-state index < -0.39 is 0 Å². The number of hydrogen-bond acceptors (Lipinski definition) is 6. The highest BCUT2D eigenvalue weighted by Crippen LogP contribution is 2.31. The van der Waals surface area contributed by atoms with E-state index in [9.17, 15) is 0 Å². The lowest BCUT2D eigenvalue weighted by Crippen LogP contribution is -2.21. The molecule has 0 aliphatic carbocycles. The first-order valence-electron chi connectivity index (χ1n) is 7.07. The topological polar surface area (TPSA) is 70.1 Å². The van der Waals surface area contributed by atoms with E-state index in [1.165, 1.54) is 4.88 Å². The van der Waals surface area contributed by atoms with Crippen molar-refractivity contribution < 1.29 is 5.11 Å². The van der Waals surface area contributed by atoms with E-state index in [4.69, 9.17) is 5.11 Å². The van der Waals surface area contributed by atoms with E-state index >= 15 is 0 Å². The number of aliphatic hydroxyl groups excluding tert-OH is 1. The van der Waals surface area contributed by atoms with Crippen molar-refractivity contribution in [3.8, 4) is 0 Å². The van der Waals surface area contributed by atoms with Gasteiger partial charge >= 0.3 is 0 Å². The molecule has 2 rings (SSSR count). The molecule has 2 aromatic heterocycles. The molecule has 1 unspecified atom stereocenters. The van der Waals surface area contributed by atoms with Gasteiger partial charge < -0.3 is 15.7 Å². The van der Waals surface area contributed by atoms with Gasteiger partial charge in [-0.2, -0.15) is 4.98 Å². The van der Waals surface area contributed by atoms with Crippen molar-refractivity contribution >= 4 is 33.3 Å². The Morgan fingerprint density at radius 2 is 2.15 bits per heavy atom. The van der Waals surface area contributed by atoms with Crippen molar-refractivity contribution in [2.45, 2.75) is 39.2 Å². The fraction of sp³-hybridized carbons (Fsp3) is 0.571. The summed E-state index contributed by atoms with van der Waals surface area (Å²) in [6, 6.07) is 2.39. The molecule has 0 amide bonds. The van der Waals surface area contributed by atoms with Gasteiger partial charge in [0, 0.05) is 24.6 Å². The summed E-state index contributed by atoms with van der Waals surface area (Å²) in [6.07, 6.45) is 2.68. The van der Waals surface area contributed by atoms with E-state index in [0.717, 1.165) is 35.3 Å². The summed E-state index contributed by atoms with van der Waals surface area (Å²) in [5.74, 6) is 1.49. The summed E-state index contributed by atoms with van der Waals surface area (Å²) in [7, 11) is 1.82. The number of thiophene rings is 1. The van der Waals surface area contributed by atoms with Gasteiger partial charge in [0.05, 0.1) is 5.39 Å². The summed E-state index contributed by atoms with van der Waals surface area (Å²) >= 11 is 1.71. The molecule has 110 valence electrons. The molecule has 6 heteroatoms. The molecule has 0 fully saturated rings. The third kappa shape index (κ3) is 3.19. The van der Waals surface area contributed by atoms with Gasteiger partial charge in [0.1, 0.15) is 10.6 Å². The fourth-order valence-corrected chi connectivity index (χ4v) is 3.06. The average Bonchev–Trinajstić information content (AvgIpc) is 2.89. The van der Waals surface area contributed by atoms with Crippen LogP contribution in [0.4, 0.5) is 11.8 Å². The lowest BCUT2D eigenvalue weighted by atomic mass is 10.1.